The van der Waals surface area contributed by atoms with E-state index >= 15 is 0 Å². The highest BCUT2D eigenvalue weighted by atomic mass is 32.2. The van der Waals surface area contributed by atoms with Gasteiger partial charge in [-0.15, -0.1) is 10.2 Å². The lowest BCUT2D eigenvalue weighted by atomic mass is 10.0. The van der Waals surface area contributed by atoms with Gasteiger partial charge in [0.05, 0.1) is 18.4 Å². The molecule has 4 rings (SSSR count). The topological polar surface area (TPSA) is 52.3 Å². The van der Waals surface area contributed by atoms with Crippen LogP contribution in [0.5, 0.6) is 5.75 Å². The minimum atomic E-state index is 0.695. The van der Waals surface area contributed by atoms with Crippen molar-refractivity contribution in [3.63, 3.8) is 0 Å². The number of rotatable bonds is 3. The summed E-state index contributed by atoms with van der Waals surface area (Å²) in [6, 6.07) is 14.2. The van der Waals surface area contributed by atoms with Crippen LogP contribution in [-0.2, 0) is 0 Å². The smallest absolute Gasteiger partial charge is 0.212 e. The summed E-state index contributed by atoms with van der Waals surface area (Å²) in [5, 5.41) is 14.3. The number of fused-ring (bicyclic) bond motifs is 1. The molecule has 0 N–H and O–H groups in total. The van der Waals surface area contributed by atoms with E-state index < -0.39 is 0 Å². The van der Waals surface area contributed by atoms with Crippen molar-refractivity contribution in [2.75, 3.05) is 12.9 Å². The fourth-order valence-corrected chi connectivity index (χ4v) is 3.63. The first-order chi connectivity index (χ1) is 12.2. The van der Waals surface area contributed by atoms with Crippen LogP contribution in [0.4, 0.5) is 0 Å². The maximum atomic E-state index is 5.46. The van der Waals surface area contributed by atoms with Crippen LogP contribution in [0.2, 0.25) is 0 Å². The van der Waals surface area contributed by atoms with Gasteiger partial charge < -0.3 is 4.74 Å². The van der Waals surface area contributed by atoms with Gasteiger partial charge in [-0.05, 0) is 48.7 Å². The van der Waals surface area contributed by atoms with Crippen LogP contribution in [0.25, 0.3) is 11.4 Å². The summed E-state index contributed by atoms with van der Waals surface area (Å²) in [6.07, 6.45) is 0. The van der Waals surface area contributed by atoms with Crippen LogP contribution >= 0.6 is 11.8 Å². The Bertz CT molecular complexity index is 977. The predicted molar refractivity (Wildman–Crippen MR) is 101 cm³/mol. The van der Waals surface area contributed by atoms with E-state index in [9.17, 15) is 0 Å². The SMILES string of the molecule is COc1ccccc1-c1nnc2n1N=C(c1ccc(C)c(C)c1)CS2. The molecule has 0 atom stereocenters. The van der Waals surface area contributed by atoms with Gasteiger partial charge in [-0.2, -0.15) is 9.78 Å². The van der Waals surface area contributed by atoms with E-state index in [0.717, 1.165) is 33.5 Å². The summed E-state index contributed by atoms with van der Waals surface area (Å²) >= 11 is 1.65. The summed E-state index contributed by atoms with van der Waals surface area (Å²) in [6.45, 7) is 4.24. The number of aryl methyl sites for hydroxylation is 2. The van der Waals surface area contributed by atoms with Crippen molar-refractivity contribution in [3.8, 4) is 17.1 Å². The molecule has 126 valence electrons. The number of hydrogen-bond donors (Lipinski definition) is 0. The van der Waals surface area contributed by atoms with E-state index in [-0.39, 0.29) is 0 Å². The molecule has 0 amide bonds. The number of nitrogens with zero attached hydrogens (tertiary/aromatic N) is 4. The van der Waals surface area contributed by atoms with Gasteiger partial charge in [0, 0.05) is 5.75 Å². The molecule has 0 bridgehead atoms. The lowest BCUT2D eigenvalue weighted by molar-refractivity contribution is 0.416. The lowest BCUT2D eigenvalue weighted by Gasteiger charge is -2.15. The maximum absolute atomic E-state index is 5.46. The predicted octanol–water partition coefficient (Wildman–Crippen LogP) is 3.93. The van der Waals surface area contributed by atoms with Crippen molar-refractivity contribution in [2.45, 2.75) is 19.0 Å². The van der Waals surface area contributed by atoms with Crippen molar-refractivity contribution in [2.24, 2.45) is 5.10 Å². The molecule has 0 aliphatic carbocycles. The Balaban J connectivity index is 1.81. The summed E-state index contributed by atoms with van der Waals surface area (Å²) in [4.78, 5) is 0. The van der Waals surface area contributed by atoms with E-state index in [0.29, 0.717) is 5.82 Å². The average Bonchev–Trinajstić information content (AvgIpc) is 3.07. The summed E-state index contributed by atoms with van der Waals surface area (Å²) in [5.74, 6) is 2.24. The van der Waals surface area contributed by atoms with E-state index in [2.05, 4.69) is 42.2 Å². The Morgan fingerprint density at radius 2 is 1.88 bits per heavy atom. The molecule has 0 saturated carbocycles. The summed E-state index contributed by atoms with van der Waals surface area (Å²) < 4.78 is 7.28. The van der Waals surface area contributed by atoms with Crippen LogP contribution in [0.3, 0.4) is 0 Å². The third-order valence-corrected chi connectivity index (χ3v) is 5.29. The van der Waals surface area contributed by atoms with Crippen molar-refractivity contribution < 1.29 is 4.74 Å². The Kier molecular flexibility index (Phi) is 4.05. The summed E-state index contributed by atoms with van der Waals surface area (Å²) in [7, 11) is 1.66. The number of thioether (sulfide) groups is 1. The zero-order valence-corrected chi connectivity index (χ0v) is 15.2. The molecule has 0 radical (unpaired) electrons. The second kappa shape index (κ2) is 6.37. The van der Waals surface area contributed by atoms with E-state index in [1.165, 1.54) is 11.1 Å². The first kappa shape index (κ1) is 15.9. The van der Waals surface area contributed by atoms with Gasteiger partial charge in [-0.3, -0.25) is 0 Å². The molecule has 1 aromatic heterocycles. The molecular formula is C19H18N4OS. The maximum Gasteiger partial charge on any atom is 0.212 e. The largest absolute Gasteiger partial charge is 0.496 e. The second-order valence-corrected chi connectivity index (χ2v) is 6.90. The highest BCUT2D eigenvalue weighted by Crippen LogP contribution is 2.33. The molecule has 2 heterocycles. The van der Waals surface area contributed by atoms with Crippen LogP contribution in [0, 0.1) is 13.8 Å². The van der Waals surface area contributed by atoms with E-state index in [4.69, 9.17) is 9.84 Å². The Morgan fingerprint density at radius 3 is 2.68 bits per heavy atom. The Hall–Kier alpha value is -2.60. The van der Waals surface area contributed by atoms with Crippen molar-refractivity contribution in [1.29, 1.82) is 0 Å². The Labute approximate surface area is 150 Å². The van der Waals surface area contributed by atoms with E-state index in [1.807, 2.05) is 28.9 Å². The third kappa shape index (κ3) is 2.82. The number of benzene rings is 2. The first-order valence-corrected chi connectivity index (χ1v) is 9.03. The average molecular weight is 350 g/mol. The molecule has 3 aromatic rings. The number of methoxy groups -OCH3 is 1. The van der Waals surface area contributed by atoms with Gasteiger partial charge >= 0.3 is 0 Å². The van der Waals surface area contributed by atoms with Gasteiger partial charge in [-0.25, -0.2) is 0 Å². The molecule has 1 aliphatic heterocycles. The minimum absolute atomic E-state index is 0.695. The highest BCUT2D eigenvalue weighted by Gasteiger charge is 2.22. The molecule has 6 heteroatoms. The Morgan fingerprint density at radius 1 is 1.04 bits per heavy atom. The molecule has 1 aliphatic rings. The molecule has 0 saturated heterocycles. The van der Waals surface area contributed by atoms with Gasteiger partial charge in [0.2, 0.25) is 5.16 Å². The van der Waals surface area contributed by atoms with Crippen molar-refractivity contribution in [3.05, 3.63) is 59.2 Å². The van der Waals surface area contributed by atoms with Gasteiger partial charge in [0.1, 0.15) is 5.75 Å². The van der Waals surface area contributed by atoms with Crippen molar-refractivity contribution >= 4 is 17.5 Å². The molecule has 25 heavy (non-hydrogen) atoms. The molecule has 0 fully saturated rings. The normalized spacial score (nSPS) is 13.3. The first-order valence-electron chi connectivity index (χ1n) is 8.04. The van der Waals surface area contributed by atoms with Crippen LogP contribution in [-0.4, -0.2) is 33.4 Å². The van der Waals surface area contributed by atoms with Gasteiger partial charge in [0.25, 0.3) is 0 Å². The third-order valence-electron chi connectivity index (χ3n) is 4.36. The van der Waals surface area contributed by atoms with Gasteiger partial charge in [0.15, 0.2) is 5.82 Å². The highest BCUT2D eigenvalue weighted by molar-refractivity contribution is 7.99. The van der Waals surface area contributed by atoms with Crippen molar-refractivity contribution in [1.82, 2.24) is 14.9 Å². The van der Waals surface area contributed by atoms with Crippen LogP contribution < -0.4 is 4.74 Å². The molecule has 0 spiro atoms. The second-order valence-electron chi connectivity index (χ2n) is 5.95. The number of para-hydroxylation sites is 1. The van der Waals surface area contributed by atoms with Crippen LogP contribution in [0.1, 0.15) is 16.7 Å². The monoisotopic (exact) mass is 350 g/mol. The molecular weight excluding hydrogens is 332 g/mol. The minimum Gasteiger partial charge on any atom is -0.496 e. The number of aromatic nitrogens is 3. The fraction of sp³-hybridized carbons (Fsp3) is 0.211. The standard InChI is InChI=1S/C19H18N4OS/c1-12-8-9-14(10-13(12)2)16-11-25-19-21-20-18(23(19)22-16)15-6-4-5-7-17(15)24-3/h4-10H,11H2,1-3H3. The molecule has 2 aromatic carbocycles. The van der Waals surface area contributed by atoms with Crippen LogP contribution in [0.15, 0.2) is 52.7 Å². The molecule has 0 unspecified atom stereocenters. The number of ether oxygens (including phenoxy) is 1. The molecule has 5 nitrogen and oxygen atoms in total. The fourth-order valence-electron chi connectivity index (χ4n) is 2.79. The lowest BCUT2D eigenvalue weighted by Crippen LogP contribution is -2.14. The summed E-state index contributed by atoms with van der Waals surface area (Å²) in [5.41, 5.74) is 5.60. The zero-order valence-electron chi connectivity index (χ0n) is 14.4. The van der Waals surface area contributed by atoms with E-state index in [1.54, 1.807) is 18.9 Å². The number of hydrogen-bond acceptors (Lipinski definition) is 5. The van der Waals surface area contributed by atoms with Gasteiger partial charge in [-0.1, -0.05) is 36.0 Å². The zero-order chi connectivity index (χ0) is 17.4. The quantitative estimate of drug-likeness (QED) is 0.718.